The Bertz CT molecular complexity index is 1360. The van der Waals surface area contributed by atoms with Gasteiger partial charge in [-0.25, -0.2) is 4.98 Å². The number of hydrogen-bond acceptors (Lipinski definition) is 6. The fourth-order valence-electron chi connectivity index (χ4n) is 3.32. The summed E-state index contributed by atoms with van der Waals surface area (Å²) in [5, 5.41) is 1.67. The van der Waals surface area contributed by atoms with Gasteiger partial charge in [-0.05, 0) is 62.7 Å². The van der Waals surface area contributed by atoms with Crippen LogP contribution in [-0.4, -0.2) is 33.2 Å². The van der Waals surface area contributed by atoms with E-state index < -0.39 is 0 Å². The van der Waals surface area contributed by atoms with Crippen molar-refractivity contribution in [2.45, 2.75) is 32.5 Å². The molecule has 0 fully saturated rings. The van der Waals surface area contributed by atoms with Crippen LogP contribution in [0.2, 0.25) is 5.02 Å². The van der Waals surface area contributed by atoms with Crippen LogP contribution in [0, 0.1) is 20.8 Å². The van der Waals surface area contributed by atoms with Crippen LogP contribution in [0.1, 0.15) is 22.0 Å². The number of carbonyl (C=O) groups is 1. The van der Waals surface area contributed by atoms with Crippen molar-refractivity contribution in [3.05, 3.63) is 73.7 Å². The second-order valence-corrected chi connectivity index (χ2v) is 10.1. The maximum atomic E-state index is 13.5. The molecule has 1 aromatic carbocycles. The zero-order valence-electron chi connectivity index (χ0n) is 18.1. The first-order chi connectivity index (χ1) is 15.2. The van der Waals surface area contributed by atoms with E-state index in [1.165, 1.54) is 23.1 Å². The summed E-state index contributed by atoms with van der Waals surface area (Å²) in [7, 11) is 1.73. The number of thioether (sulfide) groups is 1. The molecule has 0 aliphatic rings. The van der Waals surface area contributed by atoms with Gasteiger partial charge in [0.1, 0.15) is 16.4 Å². The summed E-state index contributed by atoms with van der Waals surface area (Å²) in [6.45, 7) is 6.17. The van der Waals surface area contributed by atoms with Crippen LogP contribution in [0.25, 0.3) is 15.9 Å². The van der Waals surface area contributed by atoms with E-state index in [9.17, 15) is 9.59 Å². The number of amides is 1. The first-order valence-electron chi connectivity index (χ1n) is 9.95. The first kappa shape index (κ1) is 22.6. The summed E-state index contributed by atoms with van der Waals surface area (Å²) >= 11 is 8.78. The molecule has 0 radical (unpaired) electrons. The lowest BCUT2D eigenvalue weighted by Gasteiger charge is -2.16. The molecule has 0 atom stereocenters. The molecule has 3 aromatic heterocycles. The van der Waals surface area contributed by atoms with E-state index >= 15 is 0 Å². The minimum atomic E-state index is -0.145. The number of hydrogen-bond donors (Lipinski definition) is 0. The van der Waals surface area contributed by atoms with Gasteiger partial charge in [-0.15, -0.1) is 11.3 Å². The topological polar surface area (TPSA) is 68.3 Å². The molecule has 0 saturated carbocycles. The van der Waals surface area contributed by atoms with Gasteiger partial charge in [0.15, 0.2) is 5.16 Å². The molecule has 0 N–H and O–H groups in total. The molecule has 3 heterocycles. The third kappa shape index (κ3) is 4.48. The highest BCUT2D eigenvalue weighted by atomic mass is 35.5. The van der Waals surface area contributed by atoms with E-state index in [1.807, 2.05) is 32.9 Å². The van der Waals surface area contributed by atoms with E-state index in [-0.39, 0.29) is 17.2 Å². The summed E-state index contributed by atoms with van der Waals surface area (Å²) < 4.78 is 7.12. The second kappa shape index (κ2) is 9.13. The Morgan fingerprint density at radius 2 is 1.91 bits per heavy atom. The smallest absolute Gasteiger partial charge is 0.267 e. The van der Waals surface area contributed by atoms with Gasteiger partial charge in [-0.3, -0.25) is 14.2 Å². The molecule has 0 unspecified atom stereocenters. The zero-order chi connectivity index (χ0) is 23.0. The number of nitrogens with zero attached hydrogens (tertiary/aromatic N) is 3. The Balaban J connectivity index is 1.66. The van der Waals surface area contributed by atoms with Crippen molar-refractivity contribution in [2.24, 2.45) is 0 Å². The molecule has 9 heteroatoms. The standard InChI is InChI=1S/C23H22ClN3O3S2/c1-13-5-10-18(30-13)11-26(4)19(28)12-31-23-25-21-20(14(2)15(3)32-21)22(29)27(23)17-8-6-16(24)7-9-17/h5-10H,11-12H2,1-4H3. The molecule has 6 nitrogen and oxygen atoms in total. The Kier molecular flexibility index (Phi) is 6.46. The largest absolute Gasteiger partial charge is 0.464 e. The Hall–Kier alpha value is -2.55. The number of benzene rings is 1. The lowest BCUT2D eigenvalue weighted by molar-refractivity contribution is -0.127. The Labute approximate surface area is 198 Å². The third-order valence-electron chi connectivity index (χ3n) is 5.20. The summed E-state index contributed by atoms with van der Waals surface area (Å²) in [5.41, 5.74) is 1.45. The fourth-order valence-corrected chi connectivity index (χ4v) is 5.47. The van der Waals surface area contributed by atoms with Crippen molar-refractivity contribution in [2.75, 3.05) is 12.8 Å². The quantitative estimate of drug-likeness (QED) is 0.270. The van der Waals surface area contributed by atoms with Crippen molar-refractivity contribution < 1.29 is 9.21 Å². The number of furan rings is 1. The van der Waals surface area contributed by atoms with E-state index in [0.717, 1.165) is 22.0 Å². The van der Waals surface area contributed by atoms with Crippen LogP contribution in [0.5, 0.6) is 0 Å². The second-order valence-electron chi connectivity index (χ2n) is 7.53. The van der Waals surface area contributed by atoms with Crippen molar-refractivity contribution in [3.8, 4) is 5.69 Å². The van der Waals surface area contributed by atoms with E-state index in [2.05, 4.69) is 0 Å². The average molecular weight is 488 g/mol. The van der Waals surface area contributed by atoms with Crippen molar-refractivity contribution in [1.82, 2.24) is 14.5 Å². The number of fused-ring (bicyclic) bond motifs is 1. The van der Waals surface area contributed by atoms with Crippen molar-refractivity contribution in [1.29, 1.82) is 0 Å². The first-order valence-corrected chi connectivity index (χ1v) is 12.1. The molecular formula is C23H22ClN3O3S2. The van der Waals surface area contributed by atoms with Gasteiger partial charge in [0, 0.05) is 16.9 Å². The Morgan fingerprint density at radius 1 is 1.19 bits per heavy atom. The lowest BCUT2D eigenvalue weighted by Crippen LogP contribution is -2.28. The number of rotatable bonds is 6. The van der Waals surface area contributed by atoms with Gasteiger partial charge < -0.3 is 9.32 Å². The highest BCUT2D eigenvalue weighted by molar-refractivity contribution is 7.99. The van der Waals surface area contributed by atoms with Crippen LogP contribution in [-0.2, 0) is 11.3 Å². The summed E-state index contributed by atoms with van der Waals surface area (Å²) in [6, 6.07) is 10.8. The maximum Gasteiger partial charge on any atom is 0.267 e. The van der Waals surface area contributed by atoms with Gasteiger partial charge >= 0.3 is 0 Å². The van der Waals surface area contributed by atoms with Gasteiger partial charge in [0.25, 0.3) is 5.56 Å². The van der Waals surface area contributed by atoms with E-state index in [1.54, 1.807) is 40.8 Å². The van der Waals surface area contributed by atoms with Crippen LogP contribution in [0.4, 0.5) is 0 Å². The van der Waals surface area contributed by atoms with Gasteiger partial charge in [0.2, 0.25) is 5.91 Å². The SMILES string of the molecule is Cc1ccc(CN(C)C(=O)CSc2nc3sc(C)c(C)c3c(=O)n2-c2ccc(Cl)cc2)o1. The predicted molar refractivity (Wildman–Crippen MR) is 130 cm³/mol. The van der Waals surface area contributed by atoms with E-state index in [0.29, 0.717) is 32.6 Å². The predicted octanol–water partition coefficient (Wildman–Crippen LogP) is 5.37. The third-order valence-corrected chi connectivity index (χ3v) is 7.47. The molecule has 1 amide bonds. The highest BCUT2D eigenvalue weighted by Gasteiger charge is 2.20. The molecule has 4 aromatic rings. The molecule has 0 aliphatic heterocycles. The molecular weight excluding hydrogens is 466 g/mol. The average Bonchev–Trinajstić information content (AvgIpc) is 3.29. The number of carbonyl (C=O) groups excluding carboxylic acids is 1. The lowest BCUT2D eigenvalue weighted by atomic mass is 10.2. The summed E-state index contributed by atoms with van der Waals surface area (Å²) in [4.78, 5) is 34.3. The van der Waals surface area contributed by atoms with Crippen LogP contribution in [0.3, 0.4) is 0 Å². The number of thiophene rings is 1. The van der Waals surface area contributed by atoms with Gasteiger partial charge in [0.05, 0.1) is 23.4 Å². The maximum absolute atomic E-state index is 13.5. The van der Waals surface area contributed by atoms with Crippen LogP contribution in [0.15, 0.2) is 50.8 Å². The normalized spacial score (nSPS) is 11.3. The van der Waals surface area contributed by atoms with Gasteiger partial charge in [-0.1, -0.05) is 23.4 Å². The molecule has 0 aliphatic carbocycles. The fraction of sp³-hybridized carbons (Fsp3) is 0.261. The minimum absolute atomic E-state index is 0.0837. The molecule has 0 bridgehead atoms. The monoisotopic (exact) mass is 487 g/mol. The zero-order valence-corrected chi connectivity index (χ0v) is 20.5. The number of aryl methyl sites for hydroxylation is 3. The van der Waals surface area contributed by atoms with Gasteiger partial charge in [-0.2, -0.15) is 0 Å². The molecule has 0 saturated heterocycles. The minimum Gasteiger partial charge on any atom is -0.464 e. The summed E-state index contributed by atoms with van der Waals surface area (Å²) in [6.07, 6.45) is 0. The molecule has 0 spiro atoms. The molecule has 4 rings (SSSR count). The molecule has 32 heavy (non-hydrogen) atoms. The summed E-state index contributed by atoms with van der Waals surface area (Å²) in [5.74, 6) is 1.59. The highest BCUT2D eigenvalue weighted by Crippen LogP contribution is 2.30. The van der Waals surface area contributed by atoms with Crippen LogP contribution >= 0.6 is 34.7 Å². The Morgan fingerprint density at radius 3 is 2.56 bits per heavy atom. The number of aromatic nitrogens is 2. The van der Waals surface area contributed by atoms with Crippen molar-refractivity contribution in [3.63, 3.8) is 0 Å². The van der Waals surface area contributed by atoms with E-state index in [4.69, 9.17) is 21.0 Å². The number of halogens is 1. The van der Waals surface area contributed by atoms with Crippen LogP contribution < -0.4 is 5.56 Å². The van der Waals surface area contributed by atoms with Crippen molar-refractivity contribution >= 4 is 50.8 Å². The molecule has 166 valence electrons.